The van der Waals surface area contributed by atoms with E-state index in [4.69, 9.17) is 0 Å². The second-order valence-corrected chi connectivity index (χ2v) is 3.38. The van der Waals surface area contributed by atoms with Crippen molar-refractivity contribution in [2.45, 2.75) is 0 Å². The standard InChI is InChI=1S/C11H13N3/c1-14(2)11-10(8-12-13-11)9-6-4-3-5-7-9/h3-8H,1-2H3,(H,12,13). The van der Waals surface area contributed by atoms with E-state index >= 15 is 0 Å². The normalized spacial score (nSPS) is 10.1. The van der Waals surface area contributed by atoms with Crippen molar-refractivity contribution in [1.82, 2.24) is 10.2 Å². The first-order valence-corrected chi connectivity index (χ1v) is 4.55. The van der Waals surface area contributed by atoms with E-state index in [9.17, 15) is 0 Å². The quantitative estimate of drug-likeness (QED) is 0.781. The van der Waals surface area contributed by atoms with E-state index in [-0.39, 0.29) is 0 Å². The Morgan fingerprint density at radius 2 is 1.86 bits per heavy atom. The maximum Gasteiger partial charge on any atom is 0.157 e. The molecule has 0 radical (unpaired) electrons. The molecule has 0 aliphatic carbocycles. The lowest BCUT2D eigenvalue weighted by molar-refractivity contribution is 1.01. The van der Waals surface area contributed by atoms with Gasteiger partial charge in [0.2, 0.25) is 0 Å². The molecular weight excluding hydrogens is 174 g/mol. The minimum Gasteiger partial charge on any atom is -0.361 e. The molecule has 3 heteroatoms. The predicted molar refractivity (Wildman–Crippen MR) is 58.4 cm³/mol. The van der Waals surface area contributed by atoms with Crippen molar-refractivity contribution in [3.63, 3.8) is 0 Å². The molecule has 0 fully saturated rings. The predicted octanol–water partition coefficient (Wildman–Crippen LogP) is 2.14. The van der Waals surface area contributed by atoms with Crippen molar-refractivity contribution in [3.8, 4) is 11.1 Å². The van der Waals surface area contributed by atoms with Gasteiger partial charge in [-0.3, -0.25) is 5.10 Å². The SMILES string of the molecule is CN(C)c1n[nH]cc1-c1ccccc1. The highest BCUT2D eigenvalue weighted by Crippen LogP contribution is 2.26. The van der Waals surface area contributed by atoms with Crippen molar-refractivity contribution in [2.24, 2.45) is 0 Å². The largest absolute Gasteiger partial charge is 0.361 e. The zero-order valence-corrected chi connectivity index (χ0v) is 8.36. The van der Waals surface area contributed by atoms with Crippen molar-refractivity contribution in [2.75, 3.05) is 19.0 Å². The summed E-state index contributed by atoms with van der Waals surface area (Å²) in [5.74, 6) is 0.969. The lowest BCUT2D eigenvalue weighted by Crippen LogP contribution is -2.10. The fourth-order valence-corrected chi connectivity index (χ4v) is 1.45. The first-order valence-electron chi connectivity index (χ1n) is 4.55. The molecule has 0 saturated carbocycles. The number of hydrogen-bond donors (Lipinski definition) is 1. The number of hydrogen-bond acceptors (Lipinski definition) is 2. The van der Waals surface area contributed by atoms with Crippen LogP contribution in [0.3, 0.4) is 0 Å². The summed E-state index contributed by atoms with van der Waals surface area (Å²) < 4.78 is 0. The van der Waals surface area contributed by atoms with Gasteiger partial charge in [-0.05, 0) is 5.56 Å². The molecule has 0 bridgehead atoms. The zero-order valence-electron chi connectivity index (χ0n) is 8.36. The molecule has 2 aromatic rings. The molecular formula is C11H13N3. The minimum atomic E-state index is 0.969. The van der Waals surface area contributed by atoms with Crippen LogP contribution in [-0.2, 0) is 0 Å². The molecule has 0 spiro atoms. The molecule has 1 heterocycles. The van der Waals surface area contributed by atoms with Gasteiger partial charge in [0.05, 0.1) is 0 Å². The Labute approximate surface area is 83.4 Å². The third-order valence-electron chi connectivity index (χ3n) is 2.13. The van der Waals surface area contributed by atoms with Gasteiger partial charge in [0.15, 0.2) is 5.82 Å². The lowest BCUT2D eigenvalue weighted by atomic mass is 10.1. The van der Waals surface area contributed by atoms with Crippen LogP contribution in [0.5, 0.6) is 0 Å². The van der Waals surface area contributed by atoms with E-state index in [1.807, 2.05) is 43.4 Å². The van der Waals surface area contributed by atoms with Crippen LogP contribution in [0, 0.1) is 0 Å². The van der Waals surface area contributed by atoms with E-state index in [0.29, 0.717) is 0 Å². The number of H-pyrrole nitrogens is 1. The number of aromatic amines is 1. The molecule has 0 unspecified atom stereocenters. The summed E-state index contributed by atoms with van der Waals surface area (Å²) in [6.07, 6.45) is 1.92. The second-order valence-electron chi connectivity index (χ2n) is 3.38. The molecule has 1 aromatic heterocycles. The van der Waals surface area contributed by atoms with Crippen LogP contribution in [0.25, 0.3) is 11.1 Å². The van der Waals surface area contributed by atoms with Gasteiger partial charge in [0.25, 0.3) is 0 Å². The van der Waals surface area contributed by atoms with Crippen LogP contribution in [0.1, 0.15) is 0 Å². The smallest absolute Gasteiger partial charge is 0.157 e. The number of anilines is 1. The summed E-state index contributed by atoms with van der Waals surface area (Å²) in [4.78, 5) is 2.00. The van der Waals surface area contributed by atoms with Crippen LogP contribution < -0.4 is 4.90 Å². The van der Waals surface area contributed by atoms with Gasteiger partial charge < -0.3 is 4.90 Å². The highest BCUT2D eigenvalue weighted by atomic mass is 15.2. The van der Waals surface area contributed by atoms with Gasteiger partial charge in [-0.15, -0.1) is 0 Å². The van der Waals surface area contributed by atoms with Crippen LogP contribution in [0.15, 0.2) is 36.5 Å². The molecule has 0 atom stereocenters. The van der Waals surface area contributed by atoms with Crippen molar-refractivity contribution < 1.29 is 0 Å². The summed E-state index contributed by atoms with van der Waals surface area (Å²) in [6, 6.07) is 10.2. The first-order chi connectivity index (χ1) is 6.79. The Bertz CT molecular complexity index is 403. The topological polar surface area (TPSA) is 31.9 Å². The Kier molecular flexibility index (Phi) is 2.23. The van der Waals surface area contributed by atoms with E-state index in [1.165, 1.54) is 5.56 Å². The Balaban J connectivity index is 2.47. The molecule has 3 nitrogen and oxygen atoms in total. The minimum absolute atomic E-state index is 0.969. The summed E-state index contributed by atoms with van der Waals surface area (Å²) in [7, 11) is 3.98. The van der Waals surface area contributed by atoms with Crippen molar-refractivity contribution >= 4 is 5.82 Å². The highest BCUT2D eigenvalue weighted by molar-refractivity contribution is 5.74. The molecule has 2 rings (SSSR count). The van der Waals surface area contributed by atoms with Crippen LogP contribution in [0.2, 0.25) is 0 Å². The van der Waals surface area contributed by atoms with Crippen molar-refractivity contribution in [3.05, 3.63) is 36.5 Å². The van der Waals surface area contributed by atoms with Gasteiger partial charge in [-0.1, -0.05) is 30.3 Å². The molecule has 0 saturated heterocycles. The molecule has 1 aromatic carbocycles. The summed E-state index contributed by atoms with van der Waals surface area (Å²) in [5, 5.41) is 7.08. The molecule has 1 N–H and O–H groups in total. The maximum absolute atomic E-state index is 4.19. The van der Waals surface area contributed by atoms with E-state index in [2.05, 4.69) is 22.3 Å². The fourth-order valence-electron chi connectivity index (χ4n) is 1.45. The van der Waals surface area contributed by atoms with E-state index in [1.54, 1.807) is 0 Å². The molecule has 0 aliphatic rings. The third-order valence-corrected chi connectivity index (χ3v) is 2.13. The average molecular weight is 187 g/mol. The van der Waals surface area contributed by atoms with E-state index < -0.39 is 0 Å². The van der Waals surface area contributed by atoms with Gasteiger partial charge in [-0.25, -0.2) is 0 Å². The third kappa shape index (κ3) is 1.48. The fraction of sp³-hybridized carbons (Fsp3) is 0.182. The van der Waals surface area contributed by atoms with Crippen LogP contribution in [0.4, 0.5) is 5.82 Å². The van der Waals surface area contributed by atoms with Crippen LogP contribution >= 0.6 is 0 Å². The number of nitrogens with zero attached hydrogens (tertiary/aromatic N) is 2. The summed E-state index contributed by atoms with van der Waals surface area (Å²) >= 11 is 0. The van der Waals surface area contributed by atoms with Gasteiger partial charge in [0, 0.05) is 25.9 Å². The number of rotatable bonds is 2. The maximum atomic E-state index is 4.19. The van der Waals surface area contributed by atoms with Crippen molar-refractivity contribution in [1.29, 1.82) is 0 Å². The molecule has 72 valence electrons. The average Bonchev–Trinajstić information content (AvgIpc) is 2.67. The summed E-state index contributed by atoms with van der Waals surface area (Å²) in [5.41, 5.74) is 2.32. The molecule has 14 heavy (non-hydrogen) atoms. The lowest BCUT2D eigenvalue weighted by Gasteiger charge is -2.10. The van der Waals surface area contributed by atoms with Gasteiger partial charge >= 0.3 is 0 Å². The number of nitrogens with one attached hydrogen (secondary N) is 1. The highest BCUT2D eigenvalue weighted by Gasteiger charge is 2.08. The monoisotopic (exact) mass is 187 g/mol. The van der Waals surface area contributed by atoms with E-state index in [0.717, 1.165) is 11.4 Å². The number of benzene rings is 1. The van der Waals surface area contributed by atoms with Gasteiger partial charge in [0.1, 0.15) is 0 Å². The zero-order chi connectivity index (χ0) is 9.97. The second kappa shape index (κ2) is 3.54. The first kappa shape index (κ1) is 8.81. The Morgan fingerprint density at radius 1 is 1.14 bits per heavy atom. The van der Waals surface area contributed by atoms with Crippen LogP contribution in [-0.4, -0.2) is 24.3 Å². The Morgan fingerprint density at radius 3 is 2.50 bits per heavy atom. The molecule has 0 amide bonds. The Hall–Kier alpha value is -1.77. The summed E-state index contributed by atoms with van der Waals surface area (Å²) in [6.45, 7) is 0. The molecule has 0 aliphatic heterocycles. The van der Waals surface area contributed by atoms with Gasteiger partial charge in [-0.2, -0.15) is 5.10 Å². The number of aromatic nitrogens is 2.